The average Bonchev–Trinajstić information content (AvgIpc) is 3.63. The zero-order valence-electron chi connectivity index (χ0n) is 25.2. The summed E-state index contributed by atoms with van der Waals surface area (Å²) in [5.41, 5.74) is 7.01. The van der Waals surface area contributed by atoms with Gasteiger partial charge < -0.3 is 9.64 Å². The van der Waals surface area contributed by atoms with E-state index in [2.05, 4.69) is 43.1 Å². The number of imidazole rings is 1. The predicted molar refractivity (Wildman–Crippen MR) is 162 cm³/mol. The van der Waals surface area contributed by atoms with Crippen LogP contribution in [0.1, 0.15) is 68.6 Å². The van der Waals surface area contributed by atoms with Crippen LogP contribution in [-0.4, -0.2) is 52.3 Å². The predicted octanol–water partition coefficient (Wildman–Crippen LogP) is 5.72. The number of aromatic nitrogens is 6. The molecule has 0 radical (unpaired) electrons. The highest BCUT2D eigenvalue weighted by molar-refractivity contribution is 5.80. The number of aromatic amines is 1. The van der Waals surface area contributed by atoms with Gasteiger partial charge in [0.1, 0.15) is 11.4 Å². The van der Waals surface area contributed by atoms with E-state index in [1.165, 1.54) is 16.7 Å². The molecular formula is C32H37N7O3. The number of aryl methyl sites for hydroxylation is 2. The Labute approximate surface area is 244 Å². The van der Waals surface area contributed by atoms with Crippen molar-refractivity contribution < 1.29 is 9.53 Å². The van der Waals surface area contributed by atoms with Crippen LogP contribution in [0.15, 0.2) is 53.7 Å². The molecule has 0 unspecified atom stereocenters. The highest BCUT2D eigenvalue weighted by Gasteiger charge is 2.37. The monoisotopic (exact) mass is 567 g/mol. The summed E-state index contributed by atoms with van der Waals surface area (Å²) in [6.45, 7) is 14.4. The van der Waals surface area contributed by atoms with Crippen molar-refractivity contribution >= 4 is 17.0 Å². The molecule has 1 amide bonds. The van der Waals surface area contributed by atoms with E-state index in [0.29, 0.717) is 18.8 Å². The third-order valence-corrected chi connectivity index (χ3v) is 8.06. The second-order valence-electron chi connectivity index (χ2n) is 12.1. The van der Waals surface area contributed by atoms with Crippen molar-refractivity contribution in [2.75, 3.05) is 6.54 Å². The number of nitrogens with one attached hydrogen (secondary N) is 1. The van der Waals surface area contributed by atoms with E-state index in [4.69, 9.17) is 9.84 Å². The first-order valence-corrected chi connectivity index (χ1v) is 14.4. The molecule has 3 aromatic heterocycles. The zero-order valence-corrected chi connectivity index (χ0v) is 25.2. The van der Waals surface area contributed by atoms with Gasteiger partial charge in [-0.2, -0.15) is 10.2 Å². The van der Waals surface area contributed by atoms with Gasteiger partial charge >= 0.3 is 11.8 Å². The molecule has 10 nitrogen and oxygen atoms in total. The number of hydrogen-bond acceptors (Lipinski definition) is 5. The van der Waals surface area contributed by atoms with Crippen LogP contribution in [0.3, 0.4) is 0 Å². The third-order valence-electron chi connectivity index (χ3n) is 8.06. The van der Waals surface area contributed by atoms with Gasteiger partial charge in [0.25, 0.3) is 0 Å². The van der Waals surface area contributed by atoms with Gasteiger partial charge in [0, 0.05) is 36.3 Å². The van der Waals surface area contributed by atoms with Gasteiger partial charge in [-0.1, -0.05) is 6.92 Å². The topological polar surface area (TPSA) is 103 Å². The smallest absolute Gasteiger partial charge is 0.410 e. The fraction of sp³-hybridized carbons (Fsp3) is 0.375. The Morgan fingerprint density at radius 2 is 1.79 bits per heavy atom. The Hall–Kier alpha value is -4.60. The van der Waals surface area contributed by atoms with E-state index in [1.54, 1.807) is 32.6 Å². The summed E-state index contributed by atoms with van der Waals surface area (Å²) in [6.07, 6.45) is 6.39. The van der Waals surface area contributed by atoms with Crippen LogP contribution in [-0.2, 0) is 17.6 Å². The number of benzene rings is 2. The molecule has 0 saturated carbocycles. The van der Waals surface area contributed by atoms with Crippen molar-refractivity contribution in [3.63, 3.8) is 0 Å². The van der Waals surface area contributed by atoms with Crippen LogP contribution in [0.5, 0.6) is 0 Å². The Balaban J connectivity index is 1.54. The molecule has 0 saturated heterocycles. The van der Waals surface area contributed by atoms with E-state index in [1.807, 2.05) is 50.6 Å². The number of amides is 1. The maximum absolute atomic E-state index is 14.1. The zero-order chi connectivity index (χ0) is 29.9. The van der Waals surface area contributed by atoms with Crippen LogP contribution >= 0.6 is 0 Å². The largest absolute Gasteiger partial charge is 0.444 e. The number of carbonyl (C=O) groups is 1. The van der Waals surface area contributed by atoms with Gasteiger partial charge in [-0.25, -0.2) is 14.3 Å². The molecule has 5 aromatic rings. The average molecular weight is 568 g/mol. The molecule has 10 heteroatoms. The van der Waals surface area contributed by atoms with Crippen molar-refractivity contribution in [3.8, 4) is 17.2 Å². The Kier molecular flexibility index (Phi) is 6.59. The Morgan fingerprint density at radius 3 is 2.48 bits per heavy atom. The highest BCUT2D eigenvalue weighted by Crippen LogP contribution is 2.36. The highest BCUT2D eigenvalue weighted by atomic mass is 16.6. The molecule has 0 aliphatic carbocycles. The van der Waals surface area contributed by atoms with Crippen molar-refractivity contribution in [1.29, 1.82) is 0 Å². The normalized spacial score (nSPS) is 15.3. The van der Waals surface area contributed by atoms with Crippen LogP contribution in [0.2, 0.25) is 0 Å². The number of carbonyl (C=O) groups excluding carboxylic acids is 1. The standard InChI is InChI=1S/C32H37N7O3/c1-8-25-19(2)15-24(16-20(25)3)39-29(28-21(4)36(12-11-27(28)35-39)31(41)42-32(5,6)7)38-14-13-37(30(38)40)23-9-10-26-22(17-23)18-33-34-26/h9-10,13-18,21H,8,11-12H2,1-7H3,(H,33,34)/t21-/m0/s1. The van der Waals surface area contributed by atoms with Gasteiger partial charge in [-0.05, 0) is 95.0 Å². The fourth-order valence-corrected chi connectivity index (χ4v) is 6.10. The molecule has 1 atom stereocenters. The first kappa shape index (κ1) is 27.6. The summed E-state index contributed by atoms with van der Waals surface area (Å²) in [4.78, 5) is 29.1. The molecule has 1 aliphatic heterocycles. The van der Waals surface area contributed by atoms with E-state index < -0.39 is 5.60 Å². The van der Waals surface area contributed by atoms with Gasteiger partial charge in [0.15, 0.2) is 0 Å². The number of ether oxygens (including phenoxy) is 1. The lowest BCUT2D eigenvalue weighted by atomic mass is 9.99. The minimum atomic E-state index is -0.621. The molecule has 4 heterocycles. The van der Waals surface area contributed by atoms with E-state index >= 15 is 0 Å². The van der Waals surface area contributed by atoms with Crippen LogP contribution in [0.25, 0.3) is 28.1 Å². The summed E-state index contributed by atoms with van der Waals surface area (Å²) in [5, 5.41) is 13.0. The summed E-state index contributed by atoms with van der Waals surface area (Å²) < 4.78 is 10.9. The van der Waals surface area contributed by atoms with Crippen LogP contribution in [0.4, 0.5) is 4.79 Å². The summed E-state index contributed by atoms with van der Waals surface area (Å²) in [7, 11) is 0. The molecule has 218 valence electrons. The number of nitrogens with zero attached hydrogens (tertiary/aromatic N) is 6. The van der Waals surface area contributed by atoms with Gasteiger partial charge in [-0.15, -0.1) is 0 Å². The van der Waals surface area contributed by atoms with Crippen LogP contribution in [0, 0.1) is 13.8 Å². The fourth-order valence-electron chi connectivity index (χ4n) is 6.10. The Bertz CT molecular complexity index is 1860. The summed E-state index contributed by atoms with van der Waals surface area (Å²) in [5.74, 6) is 0.627. The first-order valence-electron chi connectivity index (χ1n) is 14.4. The van der Waals surface area contributed by atoms with E-state index in [0.717, 1.165) is 40.0 Å². The number of hydrogen-bond donors (Lipinski definition) is 1. The van der Waals surface area contributed by atoms with Gasteiger partial charge in [-0.3, -0.25) is 14.2 Å². The maximum Gasteiger partial charge on any atom is 0.410 e. The van der Waals surface area contributed by atoms with Crippen molar-refractivity contribution in [3.05, 3.63) is 87.4 Å². The van der Waals surface area contributed by atoms with E-state index in [9.17, 15) is 9.59 Å². The molecular weight excluding hydrogens is 530 g/mol. The summed E-state index contributed by atoms with van der Waals surface area (Å²) in [6, 6.07) is 9.62. The lowest BCUT2D eigenvalue weighted by Crippen LogP contribution is -2.42. The number of H-pyrrole nitrogens is 1. The molecule has 0 spiro atoms. The number of fused-ring (bicyclic) bond motifs is 2. The lowest BCUT2D eigenvalue weighted by Gasteiger charge is -2.34. The molecule has 0 fully saturated rings. The first-order chi connectivity index (χ1) is 20.0. The number of rotatable bonds is 4. The molecule has 42 heavy (non-hydrogen) atoms. The van der Waals surface area contributed by atoms with Crippen molar-refractivity contribution in [1.82, 2.24) is 34.0 Å². The molecule has 6 rings (SSSR count). The minimum Gasteiger partial charge on any atom is -0.444 e. The van der Waals surface area contributed by atoms with Crippen LogP contribution < -0.4 is 5.69 Å². The van der Waals surface area contributed by atoms with Gasteiger partial charge in [0.2, 0.25) is 0 Å². The molecule has 1 N–H and O–H groups in total. The summed E-state index contributed by atoms with van der Waals surface area (Å²) >= 11 is 0. The van der Waals surface area contributed by atoms with Crippen molar-refractivity contribution in [2.24, 2.45) is 0 Å². The third kappa shape index (κ3) is 4.60. The lowest BCUT2D eigenvalue weighted by molar-refractivity contribution is 0.0159. The molecule has 1 aliphatic rings. The quantitative estimate of drug-likeness (QED) is 0.299. The second-order valence-corrected chi connectivity index (χ2v) is 12.1. The van der Waals surface area contributed by atoms with Gasteiger partial charge in [0.05, 0.1) is 34.8 Å². The minimum absolute atomic E-state index is 0.234. The molecule has 0 bridgehead atoms. The second kappa shape index (κ2) is 10.0. The molecule has 2 aromatic carbocycles. The van der Waals surface area contributed by atoms with Crippen molar-refractivity contribution in [2.45, 2.75) is 73.0 Å². The maximum atomic E-state index is 14.1. The van der Waals surface area contributed by atoms with E-state index in [-0.39, 0.29) is 17.8 Å². The SMILES string of the molecule is CCc1c(C)cc(-n2nc3c(c2-n2ccn(-c4ccc5[nH]ncc5c4)c2=O)[C@H](C)N(C(=O)OC(C)(C)C)CC3)cc1C. The Morgan fingerprint density at radius 1 is 1.07 bits per heavy atom.